The minimum Gasteiger partial charge on any atom is -0.318 e. The van der Waals surface area contributed by atoms with Gasteiger partial charge >= 0.3 is 0 Å². The summed E-state index contributed by atoms with van der Waals surface area (Å²) in [5.41, 5.74) is 7.61. The predicted molar refractivity (Wildman–Crippen MR) is 71.5 cm³/mol. The molecule has 0 amide bonds. The SMILES string of the molecule is CCCC(N)C#Cc1ccc2ccccc2n1. The summed E-state index contributed by atoms with van der Waals surface area (Å²) in [6.45, 7) is 2.11. The van der Waals surface area contributed by atoms with Crippen molar-refractivity contribution in [2.45, 2.75) is 25.8 Å². The molecule has 1 heterocycles. The topological polar surface area (TPSA) is 38.9 Å². The van der Waals surface area contributed by atoms with Crippen molar-refractivity contribution in [2.24, 2.45) is 5.73 Å². The van der Waals surface area contributed by atoms with Crippen molar-refractivity contribution >= 4 is 10.9 Å². The molecule has 2 heteroatoms. The largest absolute Gasteiger partial charge is 0.318 e. The van der Waals surface area contributed by atoms with E-state index in [2.05, 4.69) is 23.7 Å². The number of nitrogens with two attached hydrogens (primary N) is 1. The molecule has 0 aliphatic carbocycles. The molecular weight excluding hydrogens is 208 g/mol. The van der Waals surface area contributed by atoms with Crippen LogP contribution >= 0.6 is 0 Å². The summed E-state index contributed by atoms with van der Waals surface area (Å²) >= 11 is 0. The van der Waals surface area contributed by atoms with E-state index in [1.807, 2.05) is 36.4 Å². The number of benzene rings is 1. The lowest BCUT2D eigenvalue weighted by Gasteiger charge is -1.99. The highest BCUT2D eigenvalue weighted by atomic mass is 14.7. The first-order valence-electron chi connectivity index (χ1n) is 5.92. The molecule has 0 aliphatic heterocycles. The van der Waals surface area contributed by atoms with Crippen molar-refractivity contribution in [2.75, 3.05) is 0 Å². The van der Waals surface area contributed by atoms with E-state index < -0.39 is 0 Å². The standard InChI is InChI=1S/C15H16N2/c1-2-5-13(16)9-11-14-10-8-12-6-3-4-7-15(12)17-14/h3-4,6-8,10,13H,2,5,16H2,1H3. The van der Waals surface area contributed by atoms with Gasteiger partial charge in [0.2, 0.25) is 0 Å². The summed E-state index contributed by atoms with van der Waals surface area (Å²) in [7, 11) is 0. The predicted octanol–water partition coefficient (Wildman–Crippen LogP) is 2.71. The van der Waals surface area contributed by atoms with E-state index in [0.717, 1.165) is 29.4 Å². The lowest BCUT2D eigenvalue weighted by Crippen LogP contribution is -2.16. The van der Waals surface area contributed by atoms with Crippen LogP contribution in [0.3, 0.4) is 0 Å². The summed E-state index contributed by atoms with van der Waals surface area (Å²) in [6, 6.07) is 12.0. The molecule has 2 nitrogen and oxygen atoms in total. The molecular formula is C15H16N2. The van der Waals surface area contributed by atoms with Crippen molar-refractivity contribution in [3.8, 4) is 11.8 Å². The van der Waals surface area contributed by atoms with Crippen molar-refractivity contribution in [1.82, 2.24) is 4.98 Å². The lowest BCUT2D eigenvalue weighted by atomic mass is 10.1. The summed E-state index contributed by atoms with van der Waals surface area (Å²) in [5, 5.41) is 1.14. The van der Waals surface area contributed by atoms with Crippen LogP contribution in [0, 0.1) is 11.8 Å². The second kappa shape index (κ2) is 5.47. The maximum Gasteiger partial charge on any atom is 0.113 e. The van der Waals surface area contributed by atoms with Crippen molar-refractivity contribution < 1.29 is 0 Å². The van der Waals surface area contributed by atoms with E-state index in [9.17, 15) is 0 Å². The Morgan fingerprint density at radius 1 is 1.24 bits per heavy atom. The van der Waals surface area contributed by atoms with Gasteiger partial charge in [-0.25, -0.2) is 4.98 Å². The number of nitrogens with zero attached hydrogens (tertiary/aromatic N) is 1. The molecule has 1 atom stereocenters. The number of pyridine rings is 1. The van der Waals surface area contributed by atoms with E-state index in [0.29, 0.717) is 0 Å². The van der Waals surface area contributed by atoms with E-state index in [4.69, 9.17) is 5.73 Å². The summed E-state index contributed by atoms with van der Waals surface area (Å²) in [6.07, 6.45) is 1.99. The molecule has 1 aromatic heterocycles. The molecule has 1 aromatic carbocycles. The highest BCUT2D eigenvalue weighted by Crippen LogP contribution is 2.11. The van der Waals surface area contributed by atoms with Crippen LogP contribution in [-0.2, 0) is 0 Å². The van der Waals surface area contributed by atoms with Gasteiger partial charge in [0.25, 0.3) is 0 Å². The molecule has 86 valence electrons. The van der Waals surface area contributed by atoms with Gasteiger partial charge in [-0.2, -0.15) is 0 Å². The van der Waals surface area contributed by atoms with Gasteiger partial charge in [-0.3, -0.25) is 0 Å². The van der Waals surface area contributed by atoms with Crippen LogP contribution in [0.25, 0.3) is 10.9 Å². The Labute approximate surface area is 102 Å². The second-order valence-corrected chi connectivity index (χ2v) is 4.05. The monoisotopic (exact) mass is 224 g/mol. The maximum atomic E-state index is 5.84. The molecule has 17 heavy (non-hydrogen) atoms. The van der Waals surface area contributed by atoms with Crippen LogP contribution in [0.5, 0.6) is 0 Å². The van der Waals surface area contributed by atoms with Gasteiger partial charge in [-0.05, 0) is 24.5 Å². The Hall–Kier alpha value is -1.85. The van der Waals surface area contributed by atoms with Crippen molar-refractivity contribution in [3.63, 3.8) is 0 Å². The number of rotatable bonds is 2. The Morgan fingerprint density at radius 2 is 2.06 bits per heavy atom. The fourth-order valence-electron chi connectivity index (χ4n) is 1.69. The third-order valence-electron chi connectivity index (χ3n) is 2.58. The zero-order valence-electron chi connectivity index (χ0n) is 9.98. The van der Waals surface area contributed by atoms with Crippen LogP contribution in [0.1, 0.15) is 25.5 Å². The third-order valence-corrected chi connectivity index (χ3v) is 2.58. The quantitative estimate of drug-likeness (QED) is 0.797. The third kappa shape index (κ3) is 3.05. The Kier molecular flexibility index (Phi) is 3.74. The fourth-order valence-corrected chi connectivity index (χ4v) is 1.69. The van der Waals surface area contributed by atoms with Gasteiger partial charge in [0.05, 0.1) is 11.6 Å². The van der Waals surface area contributed by atoms with Crippen LogP contribution in [0.15, 0.2) is 36.4 Å². The number of fused-ring (bicyclic) bond motifs is 1. The van der Waals surface area contributed by atoms with Gasteiger partial charge in [0.15, 0.2) is 0 Å². The molecule has 0 bridgehead atoms. The van der Waals surface area contributed by atoms with E-state index in [1.165, 1.54) is 0 Å². The highest BCUT2D eigenvalue weighted by Gasteiger charge is 1.96. The van der Waals surface area contributed by atoms with Crippen molar-refractivity contribution in [1.29, 1.82) is 0 Å². The van der Waals surface area contributed by atoms with Crippen LogP contribution in [-0.4, -0.2) is 11.0 Å². The molecule has 2 rings (SSSR count). The van der Waals surface area contributed by atoms with E-state index >= 15 is 0 Å². The van der Waals surface area contributed by atoms with Gasteiger partial charge in [-0.1, -0.05) is 43.5 Å². The normalized spacial score (nSPS) is 11.9. The molecule has 2 aromatic rings. The molecule has 0 spiro atoms. The Morgan fingerprint density at radius 3 is 2.88 bits per heavy atom. The van der Waals surface area contributed by atoms with Gasteiger partial charge < -0.3 is 5.73 Å². The highest BCUT2D eigenvalue weighted by molar-refractivity contribution is 5.78. The average molecular weight is 224 g/mol. The van der Waals surface area contributed by atoms with E-state index in [-0.39, 0.29) is 6.04 Å². The zero-order chi connectivity index (χ0) is 12.1. The Bertz CT molecular complexity index is 564. The molecule has 0 fully saturated rings. The van der Waals surface area contributed by atoms with Gasteiger partial charge in [0.1, 0.15) is 5.69 Å². The summed E-state index contributed by atoms with van der Waals surface area (Å²) in [5.74, 6) is 6.07. The lowest BCUT2D eigenvalue weighted by molar-refractivity contribution is 0.720. The molecule has 0 aliphatic rings. The molecule has 2 N–H and O–H groups in total. The fraction of sp³-hybridized carbons (Fsp3) is 0.267. The smallest absolute Gasteiger partial charge is 0.113 e. The second-order valence-electron chi connectivity index (χ2n) is 4.05. The maximum absolute atomic E-state index is 5.84. The molecule has 0 radical (unpaired) electrons. The van der Waals surface area contributed by atoms with Crippen LogP contribution in [0.4, 0.5) is 0 Å². The molecule has 0 saturated carbocycles. The minimum absolute atomic E-state index is 0.0479. The number of para-hydroxylation sites is 1. The first-order chi connectivity index (χ1) is 8.29. The minimum atomic E-state index is -0.0479. The number of aromatic nitrogens is 1. The van der Waals surface area contributed by atoms with Gasteiger partial charge in [0, 0.05) is 5.39 Å². The van der Waals surface area contributed by atoms with Crippen molar-refractivity contribution in [3.05, 3.63) is 42.1 Å². The number of hydrogen-bond donors (Lipinski definition) is 1. The molecule has 1 unspecified atom stereocenters. The first kappa shape index (κ1) is 11.6. The zero-order valence-corrected chi connectivity index (χ0v) is 9.98. The van der Waals surface area contributed by atoms with Gasteiger partial charge in [-0.15, -0.1) is 0 Å². The van der Waals surface area contributed by atoms with Crippen LogP contribution in [0.2, 0.25) is 0 Å². The Balaban J connectivity index is 2.25. The average Bonchev–Trinajstić information content (AvgIpc) is 2.36. The van der Waals surface area contributed by atoms with E-state index in [1.54, 1.807) is 0 Å². The summed E-state index contributed by atoms with van der Waals surface area (Å²) < 4.78 is 0. The number of hydrogen-bond acceptors (Lipinski definition) is 2. The molecule has 0 saturated heterocycles. The first-order valence-corrected chi connectivity index (χ1v) is 5.92. The van der Waals surface area contributed by atoms with Crippen LogP contribution < -0.4 is 5.73 Å². The summed E-state index contributed by atoms with van der Waals surface area (Å²) in [4.78, 5) is 4.48.